The number of pyridine rings is 4. The SMILES string of the molecule is O=C([O-])CSCC(=O)[O-].O=C([O-])CSCC(=O)[O-].[Mn+2].[Mn+2].c1cnc2c(c1)ccc1cccnc12.c1cnc2c(c1)ccc1cccnc12. The van der Waals surface area contributed by atoms with Gasteiger partial charge in [0.05, 0.1) is 45.9 Å². The molecule has 0 fully saturated rings. The van der Waals surface area contributed by atoms with E-state index in [0.717, 1.165) is 67.1 Å². The number of fused-ring (bicyclic) bond motifs is 6. The van der Waals surface area contributed by atoms with Crippen LogP contribution in [0.25, 0.3) is 43.6 Å². The summed E-state index contributed by atoms with van der Waals surface area (Å²) in [7, 11) is 0. The number of hydrogen-bond acceptors (Lipinski definition) is 14. The largest absolute Gasteiger partial charge is 2.00 e. The van der Waals surface area contributed by atoms with Crippen LogP contribution in [0.15, 0.2) is 97.6 Å². The molecule has 4 aromatic heterocycles. The van der Waals surface area contributed by atoms with Gasteiger partial charge in [0.1, 0.15) is 0 Å². The fourth-order valence-electron chi connectivity index (χ4n) is 3.79. The van der Waals surface area contributed by atoms with Gasteiger partial charge < -0.3 is 39.6 Å². The van der Waals surface area contributed by atoms with Crippen LogP contribution in [0.4, 0.5) is 0 Å². The van der Waals surface area contributed by atoms with Crippen molar-refractivity contribution in [3.8, 4) is 0 Å². The van der Waals surface area contributed by atoms with Gasteiger partial charge in [-0.1, -0.05) is 48.5 Å². The monoisotopic (exact) mass is 766 g/mol. The molecular formula is C32H24Mn2N4O8S2. The number of aliphatic carboxylic acids is 4. The summed E-state index contributed by atoms with van der Waals surface area (Å²) in [5.74, 6) is -6.24. The van der Waals surface area contributed by atoms with Crippen LogP contribution in [0.2, 0.25) is 0 Å². The second-order valence-corrected chi connectivity index (χ2v) is 10.9. The number of rotatable bonds is 8. The number of nitrogens with zero attached hydrogens (tertiary/aromatic N) is 4. The van der Waals surface area contributed by atoms with Crippen molar-refractivity contribution < 1.29 is 73.7 Å². The standard InChI is InChI=1S/2C12H8N2.2C4H6O4S.2Mn/c2*1-3-9-5-6-10-4-2-8-14-12(10)11(9)13-7-1;2*5-3(6)1-9-2-4(7)8;;/h2*1-8H;2*1-2H2,(H,5,6)(H,7,8);;/q;;;;2*+2/p-4. The number of carboxylic acids is 4. The minimum atomic E-state index is -1.26. The summed E-state index contributed by atoms with van der Waals surface area (Å²) >= 11 is 1.49. The second-order valence-electron chi connectivity index (χ2n) is 8.91. The summed E-state index contributed by atoms with van der Waals surface area (Å²) in [5, 5.41) is 43.1. The van der Waals surface area contributed by atoms with Gasteiger partial charge in [0.2, 0.25) is 0 Å². The molecule has 0 aliphatic rings. The van der Waals surface area contributed by atoms with Crippen LogP contribution >= 0.6 is 23.5 Å². The average Bonchev–Trinajstić information content (AvgIpc) is 3.05. The normalized spacial score (nSPS) is 9.67. The molecule has 0 N–H and O–H groups in total. The van der Waals surface area contributed by atoms with E-state index in [9.17, 15) is 39.6 Å². The smallest absolute Gasteiger partial charge is 0.549 e. The van der Waals surface area contributed by atoms with Gasteiger partial charge in [0, 0.05) is 69.3 Å². The van der Waals surface area contributed by atoms with Crippen molar-refractivity contribution in [3.05, 3.63) is 97.6 Å². The summed E-state index contributed by atoms with van der Waals surface area (Å²) in [5.41, 5.74) is 3.91. The van der Waals surface area contributed by atoms with Crippen LogP contribution in [-0.2, 0) is 53.3 Å². The van der Waals surface area contributed by atoms with E-state index in [-0.39, 0.29) is 57.1 Å². The van der Waals surface area contributed by atoms with Crippen LogP contribution in [0.5, 0.6) is 0 Å². The summed E-state index contributed by atoms with van der Waals surface area (Å²) < 4.78 is 0. The number of carboxylic acid groups (broad SMARTS) is 4. The summed E-state index contributed by atoms with van der Waals surface area (Å²) in [6.07, 6.45) is 7.21. The van der Waals surface area contributed by atoms with Gasteiger partial charge in [0.15, 0.2) is 0 Å². The Morgan fingerprint density at radius 2 is 0.625 bits per heavy atom. The van der Waals surface area contributed by atoms with E-state index in [4.69, 9.17) is 0 Å². The predicted octanol–water partition coefficient (Wildman–Crippen LogP) is -0.000200. The maximum atomic E-state index is 9.64. The van der Waals surface area contributed by atoms with Gasteiger partial charge in [-0.05, 0) is 24.3 Å². The Bertz CT molecular complexity index is 1690. The average molecular weight is 767 g/mol. The first kappa shape index (κ1) is 41.7. The molecule has 0 spiro atoms. The van der Waals surface area contributed by atoms with Crippen molar-refractivity contribution in [2.75, 3.05) is 23.0 Å². The summed E-state index contributed by atoms with van der Waals surface area (Å²) in [4.78, 5) is 55.9. The van der Waals surface area contributed by atoms with Gasteiger partial charge >= 0.3 is 34.1 Å². The van der Waals surface area contributed by atoms with Crippen LogP contribution in [0.3, 0.4) is 0 Å². The van der Waals surface area contributed by atoms with Crippen LogP contribution < -0.4 is 20.4 Å². The molecule has 246 valence electrons. The third-order valence-corrected chi connectivity index (χ3v) is 7.33. The molecule has 12 nitrogen and oxygen atoms in total. The van der Waals surface area contributed by atoms with Crippen LogP contribution in [0.1, 0.15) is 0 Å². The van der Waals surface area contributed by atoms with E-state index in [1.807, 2.05) is 24.3 Å². The van der Waals surface area contributed by atoms with Crippen molar-refractivity contribution in [1.29, 1.82) is 0 Å². The first-order valence-electron chi connectivity index (χ1n) is 13.3. The fourth-order valence-corrected chi connectivity index (χ4v) is 4.67. The van der Waals surface area contributed by atoms with Gasteiger partial charge in [-0.3, -0.25) is 19.9 Å². The Balaban J connectivity index is 0.000000324. The first-order valence-corrected chi connectivity index (χ1v) is 15.6. The number of carbonyl (C=O) groups excluding carboxylic acids is 4. The molecule has 6 aromatic rings. The Hall–Kier alpha value is -4.30. The third-order valence-electron chi connectivity index (χ3n) is 5.57. The number of benzene rings is 2. The van der Waals surface area contributed by atoms with E-state index in [1.54, 1.807) is 24.8 Å². The zero-order chi connectivity index (χ0) is 33.3. The molecule has 0 unspecified atom stereocenters. The predicted molar refractivity (Wildman–Crippen MR) is 169 cm³/mol. The van der Waals surface area contributed by atoms with Crippen molar-refractivity contribution >= 4 is 91.0 Å². The van der Waals surface area contributed by atoms with E-state index >= 15 is 0 Å². The Morgan fingerprint density at radius 3 is 0.812 bits per heavy atom. The molecule has 0 aliphatic heterocycles. The number of carbonyl (C=O) groups is 4. The van der Waals surface area contributed by atoms with Crippen molar-refractivity contribution in [3.63, 3.8) is 0 Å². The van der Waals surface area contributed by atoms with Crippen molar-refractivity contribution in [2.24, 2.45) is 0 Å². The van der Waals surface area contributed by atoms with E-state index in [2.05, 4.69) is 68.5 Å². The van der Waals surface area contributed by atoms with Gasteiger partial charge in [0.25, 0.3) is 0 Å². The van der Waals surface area contributed by atoms with Gasteiger partial charge in [-0.25, -0.2) is 0 Å². The number of aromatic nitrogens is 4. The van der Waals surface area contributed by atoms with Gasteiger partial charge in [-0.15, -0.1) is 23.5 Å². The maximum absolute atomic E-state index is 9.64. The molecular weight excluding hydrogens is 742 g/mol. The van der Waals surface area contributed by atoms with E-state index in [0.29, 0.717) is 0 Å². The zero-order valence-electron chi connectivity index (χ0n) is 24.7. The van der Waals surface area contributed by atoms with E-state index < -0.39 is 23.9 Å². The summed E-state index contributed by atoms with van der Waals surface area (Å²) in [6.45, 7) is 0. The minimum absolute atomic E-state index is 0. The Morgan fingerprint density at radius 1 is 0.417 bits per heavy atom. The van der Waals surface area contributed by atoms with Crippen molar-refractivity contribution in [1.82, 2.24) is 19.9 Å². The zero-order valence-corrected chi connectivity index (χ0v) is 28.7. The summed E-state index contributed by atoms with van der Waals surface area (Å²) in [6, 6.07) is 24.3. The molecule has 2 aromatic carbocycles. The second kappa shape index (κ2) is 22.3. The number of hydrogen-bond donors (Lipinski definition) is 0. The van der Waals surface area contributed by atoms with Crippen LogP contribution in [0, 0.1) is 0 Å². The van der Waals surface area contributed by atoms with E-state index in [1.165, 1.54) is 0 Å². The molecule has 4 heterocycles. The quantitative estimate of drug-likeness (QED) is 0.148. The molecule has 48 heavy (non-hydrogen) atoms. The van der Waals surface area contributed by atoms with Gasteiger partial charge in [-0.2, -0.15) is 0 Å². The topological polar surface area (TPSA) is 212 Å². The molecule has 0 aliphatic carbocycles. The molecule has 6 rings (SSSR count). The molecule has 0 saturated heterocycles. The Labute approximate surface area is 303 Å². The molecule has 2 radical (unpaired) electrons. The molecule has 0 amide bonds. The maximum Gasteiger partial charge on any atom is 2.00 e. The minimum Gasteiger partial charge on any atom is -0.549 e. The third kappa shape index (κ3) is 14.2. The number of thioether (sulfide) groups is 2. The molecule has 16 heteroatoms. The Kier molecular flexibility index (Phi) is 19.4. The molecule has 0 atom stereocenters. The van der Waals surface area contributed by atoms with Crippen LogP contribution in [-0.4, -0.2) is 66.8 Å². The van der Waals surface area contributed by atoms with Crippen molar-refractivity contribution in [2.45, 2.75) is 0 Å². The molecule has 0 saturated carbocycles. The fraction of sp³-hybridized carbons (Fsp3) is 0.125. The first-order chi connectivity index (χ1) is 22.2. The molecule has 0 bridgehead atoms.